The Hall–Kier alpha value is -1.86. The lowest BCUT2D eigenvalue weighted by molar-refractivity contribution is 0.596. The van der Waals surface area contributed by atoms with Crippen LogP contribution < -0.4 is 10.5 Å². The molecule has 0 atom stereocenters. The summed E-state index contributed by atoms with van der Waals surface area (Å²) in [6.45, 7) is 3.75. The molecule has 0 spiro atoms. The van der Waals surface area contributed by atoms with Crippen molar-refractivity contribution < 1.29 is 8.42 Å². The molecule has 2 rings (SSSR count). The summed E-state index contributed by atoms with van der Waals surface area (Å²) in [5, 5.41) is 6.42. The first-order chi connectivity index (χ1) is 8.94. The molecule has 6 nitrogen and oxygen atoms in total. The maximum atomic E-state index is 12.3. The van der Waals surface area contributed by atoms with Gasteiger partial charge in [-0.1, -0.05) is 12.1 Å². The number of hydrogen-bond donors (Lipinski definition) is 3. The number of anilines is 1. The van der Waals surface area contributed by atoms with Gasteiger partial charge in [-0.05, 0) is 31.5 Å². The lowest BCUT2D eigenvalue weighted by Crippen LogP contribution is -2.16. The van der Waals surface area contributed by atoms with Gasteiger partial charge >= 0.3 is 0 Å². The van der Waals surface area contributed by atoms with E-state index >= 15 is 0 Å². The average molecular weight is 280 g/mol. The van der Waals surface area contributed by atoms with Crippen molar-refractivity contribution in [2.24, 2.45) is 5.73 Å². The second-order valence-electron chi connectivity index (χ2n) is 4.31. The molecule has 4 N–H and O–H groups in total. The van der Waals surface area contributed by atoms with Crippen molar-refractivity contribution in [2.45, 2.75) is 25.4 Å². The van der Waals surface area contributed by atoms with Crippen LogP contribution in [0.15, 0.2) is 29.3 Å². The zero-order chi connectivity index (χ0) is 14.0. The smallest absolute Gasteiger partial charge is 0.281 e. The molecule has 0 fully saturated rings. The number of rotatable bonds is 4. The molecule has 2 aromatic rings. The monoisotopic (exact) mass is 280 g/mol. The summed E-state index contributed by atoms with van der Waals surface area (Å²) in [6, 6.07) is 7.11. The van der Waals surface area contributed by atoms with E-state index in [9.17, 15) is 8.42 Å². The number of nitrogens with one attached hydrogen (secondary N) is 2. The average Bonchev–Trinajstić information content (AvgIpc) is 2.70. The number of aryl methyl sites for hydroxylation is 2. The molecule has 0 saturated carbocycles. The summed E-state index contributed by atoms with van der Waals surface area (Å²) in [4.78, 5) is 0. The Labute approximate surface area is 112 Å². The van der Waals surface area contributed by atoms with E-state index in [1.807, 2.05) is 13.0 Å². The third kappa shape index (κ3) is 2.77. The van der Waals surface area contributed by atoms with E-state index in [4.69, 9.17) is 5.73 Å². The second kappa shape index (κ2) is 5.02. The van der Waals surface area contributed by atoms with Crippen LogP contribution in [0.1, 0.15) is 16.8 Å². The molecule has 0 aliphatic heterocycles. The van der Waals surface area contributed by atoms with E-state index in [0.29, 0.717) is 16.9 Å². The van der Waals surface area contributed by atoms with Crippen LogP contribution in [0.4, 0.5) is 5.69 Å². The predicted molar refractivity (Wildman–Crippen MR) is 73.2 cm³/mol. The Morgan fingerprint density at radius 3 is 2.74 bits per heavy atom. The zero-order valence-corrected chi connectivity index (χ0v) is 11.6. The van der Waals surface area contributed by atoms with Gasteiger partial charge < -0.3 is 5.73 Å². The van der Waals surface area contributed by atoms with Crippen LogP contribution in [0.25, 0.3) is 0 Å². The van der Waals surface area contributed by atoms with Crippen molar-refractivity contribution in [1.82, 2.24) is 10.2 Å². The molecule has 0 aliphatic carbocycles. The van der Waals surface area contributed by atoms with Crippen LogP contribution in [0.3, 0.4) is 0 Å². The fourth-order valence-electron chi connectivity index (χ4n) is 1.80. The lowest BCUT2D eigenvalue weighted by Gasteiger charge is -2.07. The van der Waals surface area contributed by atoms with Gasteiger partial charge in [0.05, 0.1) is 0 Å². The van der Waals surface area contributed by atoms with Gasteiger partial charge in [0.2, 0.25) is 5.03 Å². The van der Waals surface area contributed by atoms with Crippen LogP contribution in [0.2, 0.25) is 0 Å². The number of nitrogens with zero attached hydrogens (tertiary/aromatic N) is 1. The van der Waals surface area contributed by atoms with Crippen molar-refractivity contribution in [3.8, 4) is 0 Å². The van der Waals surface area contributed by atoms with E-state index in [1.54, 1.807) is 25.1 Å². The van der Waals surface area contributed by atoms with Gasteiger partial charge in [0.15, 0.2) is 0 Å². The Kier molecular flexibility index (Phi) is 3.59. The van der Waals surface area contributed by atoms with Crippen molar-refractivity contribution in [3.63, 3.8) is 0 Å². The maximum absolute atomic E-state index is 12.3. The van der Waals surface area contributed by atoms with E-state index in [0.717, 1.165) is 5.56 Å². The number of aromatic amines is 1. The Morgan fingerprint density at radius 1 is 1.37 bits per heavy atom. The van der Waals surface area contributed by atoms with Crippen LogP contribution in [0, 0.1) is 13.8 Å². The molecular weight excluding hydrogens is 264 g/mol. The molecular formula is C12H16N4O2S. The van der Waals surface area contributed by atoms with E-state index < -0.39 is 10.0 Å². The fraction of sp³-hybridized carbons (Fsp3) is 0.250. The Bertz CT molecular complexity index is 692. The molecule has 1 aromatic carbocycles. The molecule has 1 aromatic heterocycles. The minimum atomic E-state index is -3.72. The molecule has 19 heavy (non-hydrogen) atoms. The maximum Gasteiger partial charge on any atom is 0.281 e. The molecule has 0 unspecified atom stereocenters. The van der Waals surface area contributed by atoms with Crippen LogP contribution in [-0.2, 0) is 16.6 Å². The summed E-state index contributed by atoms with van der Waals surface area (Å²) < 4.78 is 27.0. The summed E-state index contributed by atoms with van der Waals surface area (Å²) in [5.41, 5.74) is 8.19. The predicted octanol–water partition coefficient (Wildman–Crippen LogP) is 1.29. The highest BCUT2D eigenvalue weighted by atomic mass is 32.2. The SMILES string of the molecule is Cc1cccc(NS(=O)(=O)c2n[nH]c(C)c2CN)c1. The third-order valence-corrected chi connectivity index (χ3v) is 4.12. The number of H-pyrrole nitrogens is 1. The Balaban J connectivity index is 2.38. The third-order valence-electron chi connectivity index (χ3n) is 2.76. The van der Waals surface area contributed by atoms with Crippen LogP contribution in [0.5, 0.6) is 0 Å². The normalized spacial score (nSPS) is 11.5. The second-order valence-corrected chi connectivity index (χ2v) is 5.91. The van der Waals surface area contributed by atoms with Gasteiger partial charge in [-0.25, -0.2) is 0 Å². The highest BCUT2D eigenvalue weighted by molar-refractivity contribution is 7.92. The summed E-state index contributed by atoms with van der Waals surface area (Å²) in [7, 11) is -3.72. The lowest BCUT2D eigenvalue weighted by atomic mass is 10.2. The van der Waals surface area contributed by atoms with Crippen LogP contribution in [-0.4, -0.2) is 18.6 Å². The quantitative estimate of drug-likeness (QED) is 0.785. The highest BCUT2D eigenvalue weighted by Crippen LogP contribution is 2.19. The first kappa shape index (κ1) is 13.6. The molecule has 0 amide bonds. The summed E-state index contributed by atoms with van der Waals surface area (Å²) in [5.74, 6) is 0. The topological polar surface area (TPSA) is 101 Å². The van der Waals surface area contributed by atoms with E-state index in [2.05, 4.69) is 14.9 Å². The fourth-order valence-corrected chi connectivity index (χ4v) is 3.07. The molecule has 0 radical (unpaired) electrons. The first-order valence-electron chi connectivity index (χ1n) is 5.77. The van der Waals surface area contributed by atoms with Crippen molar-refractivity contribution in [1.29, 1.82) is 0 Å². The minimum absolute atomic E-state index is 0.0472. The van der Waals surface area contributed by atoms with E-state index in [1.165, 1.54) is 0 Å². The molecule has 0 saturated heterocycles. The summed E-state index contributed by atoms with van der Waals surface area (Å²) in [6.07, 6.45) is 0. The standard InChI is InChI=1S/C12H16N4O2S/c1-8-4-3-5-10(6-8)16-19(17,18)12-11(7-13)9(2)14-15-12/h3-6,16H,7,13H2,1-2H3,(H,14,15). The first-order valence-corrected chi connectivity index (χ1v) is 7.26. The van der Waals surface area contributed by atoms with E-state index in [-0.39, 0.29) is 11.6 Å². The van der Waals surface area contributed by atoms with Crippen molar-refractivity contribution in [2.75, 3.05) is 4.72 Å². The number of nitrogens with two attached hydrogens (primary N) is 1. The van der Waals surface area contributed by atoms with Gasteiger partial charge in [-0.15, -0.1) is 0 Å². The Morgan fingerprint density at radius 2 is 2.11 bits per heavy atom. The minimum Gasteiger partial charge on any atom is -0.326 e. The van der Waals surface area contributed by atoms with Crippen molar-refractivity contribution >= 4 is 15.7 Å². The van der Waals surface area contributed by atoms with Gasteiger partial charge in [0.25, 0.3) is 10.0 Å². The van der Waals surface area contributed by atoms with Gasteiger partial charge in [0.1, 0.15) is 0 Å². The van der Waals surface area contributed by atoms with Gasteiger partial charge in [-0.3, -0.25) is 9.82 Å². The number of benzene rings is 1. The van der Waals surface area contributed by atoms with Gasteiger partial charge in [-0.2, -0.15) is 13.5 Å². The molecule has 7 heteroatoms. The molecule has 102 valence electrons. The molecule has 1 heterocycles. The molecule has 0 bridgehead atoms. The highest BCUT2D eigenvalue weighted by Gasteiger charge is 2.23. The largest absolute Gasteiger partial charge is 0.326 e. The number of aromatic nitrogens is 2. The molecule has 0 aliphatic rings. The van der Waals surface area contributed by atoms with Crippen LogP contribution >= 0.6 is 0 Å². The zero-order valence-electron chi connectivity index (χ0n) is 10.8. The van der Waals surface area contributed by atoms with Gasteiger partial charge in [0, 0.05) is 23.5 Å². The number of hydrogen-bond acceptors (Lipinski definition) is 4. The van der Waals surface area contributed by atoms with Crippen molar-refractivity contribution in [3.05, 3.63) is 41.1 Å². The number of sulfonamides is 1. The summed E-state index contributed by atoms with van der Waals surface area (Å²) >= 11 is 0.